The second-order valence-corrected chi connectivity index (χ2v) is 12.4. The SMILES string of the molecule is Nc1ccc2c(=O)n(CCc3ccc(Cl)cc3Cl)c(=O)[nH]c2c1.O=c1[nH]c2cc(N=C=S)ccc2c(=O)n1CCc1ccc(Cl)cc1Cl. The Morgan fingerprint density at radius 2 is 1.15 bits per heavy atom. The zero-order valence-corrected chi connectivity index (χ0v) is 28.6. The van der Waals surface area contributed by atoms with Gasteiger partial charge >= 0.3 is 11.4 Å². The van der Waals surface area contributed by atoms with Crippen molar-refractivity contribution in [2.75, 3.05) is 5.73 Å². The number of nitrogens with zero attached hydrogens (tertiary/aromatic N) is 3. The number of isothiocyanates is 1. The predicted molar refractivity (Wildman–Crippen MR) is 197 cm³/mol. The van der Waals surface area contributed by atoms with Crippen molar-refractivity contribution in [3.63, 3.8) is 0 Å². The van der Waals surface area contributed by atoms with Crippen LogP contribution in [0, 0.1) is 0 Å². The third kappa shape index (κ3) is 7.96. The number of rotatable bonds is 7. The Kier molecular flexibility index (Phi) is 11.0. The van der Waals surface area contributed by atoms with Gasteiger partial charge in [0.25, 0.3) is 11.1 Å². The number of H-pyrrole nitrogens is 2. The van der Waals surface area contributed by atoms with Crippen molar-refractivity contribution in [2.45, 2.75) is 25.9 Å². The Labute approximate surface area is 297 Å². The second kappa shape index (κ2) is 15.2. The lowest BCUT2D eigenvalue weighted by atomic mass is 10.1. The first-order chi connectivity index (χ1) is 22.9. The molecule has 2 heterocycles. The van der Waals surface area contributed by atoms with Gasteiger partial charge in [0.1, 0.15) is 0 Å². The van der Waals surface area contributed by atoms with Crippen molar-refractivity contribution in [2.24, 2.45) is 4.99 Å². The fourth-order valence-corrected chi connectivity index (χ4v) is 6.07. The molecule has 0 aliphatic heterocycles. The summed E-state index contributed by atoms with van der Waals surface area (Å²) >= 11 is 28.5. The molecule has 0 saturated carbocycles. The highest BCUT2D eigenvalue weighted by atomic mass is 35.5. The Balaban J connectivity index is 0.000000188. The molecule has 244 valence electrons. The topological polar surface area (TPSA) is 148 Å². The number of nitrogens with one attached hydrogen (secondary N) is 2. The zero-order valence-electron chi connectivity index (χ0n) is 24.7. The van der Waals surface area contributed by atoms with Crippen LogP contribution in [0.15, 0.2) is 97.0 Å². The van der Waals surface area contributed by atoms with Crippen LogP contribution in [0.25, 0.3) is 21.8 Å². The van der Waals surface area contributed by atoms with Crippen molar-refractivity contribution in [3.05, 3.63) is 146 Å². The summed E-state index contributed by atoms with van der Waals surface area (Å²) < 4.78 is 2.30. The number of aromatic amines is 2. The third-order valence-corrected chi connectivity index (χ3v) is 8.65. The number of hydrogen-bond acceptors (Lipinski definition) is 7. The van der Waals surface area contributed by atoms with E-state index >= 15 is 0 Å². The van der Waals surface area contributed by atoms with Crippen molar-refractivity contribution in [1.29, 1.82) is 0 Å². The largest absolute Gasteiger partial charge is 0.399 e. The summed E-state index contributed by atoms with van der Waals surface area (Å²) in [6.07, 6.45) is 0.872. The van der Waals surface area contributed by atoms with Gasteiger partial charge in [-0.2, -0.15) is 4.99 Å². The zero-order chi connectivity index (χ0) is 34.5. The number of benzene rings is 4. The summed E-state index contributed by atoms with van der Waals surface area (Å²) in [7, 11) is 0. The van der Waals surface area contributed by atoms with Crippen LogP contribution in [-0.4, -0.2) is 24.3 Å². The summed E-state index contributed by atoms with van der Waals surface area (Å²) in [5.74, 6) is 0. The Bertz CT molecular complexity index is 2490. The Morgan fingerprint density at radius 3 is 1.62 bits per heavy atom. The maximum Gasteiger partial charge on any atom is 0.328 e. The maximum atomic E-state index is 12.6. The minimum atomic E-state index is -0.494. The molecule has 4 N–H and O–H groups in total. The van der Waals surface area contributed by atoms with Gasteiger partial charge in [0, 0.05) is 38.9 Å². The summed E-state index contributed by atoms with van der Waals surface area (Å²) in [6, 6.07) is 19.9. The van der Waals surface area contributed by atoms with Crippen LogP contribution in [0.5, 0.6) is 0 Å². The van der Waals surface area contributed by atoms with Gasteiger partial charge in [-0.3, -0.25) is 18.7 Å². The van der Waals surface area contributed by atoms with Gasteiger partial charge in [0.05, 0.1) is 32.7 Å². The number of thiocarbonyl (C=S) groups is 1. The van der Waals surface area contributed by atoms with Crippen LogP contribution >= 0.6 is 58.6 Å². The highest BCUT2D eigenvalue weighted by Gasteiger charge is 2.11. The number of hydrogen-bond donors (Lipinski definition) is 3. The van der Waals surface area contributed by atoms with Crippen LogP contribution < -0.4 is 28.2 Å². The number of aliphatic imine (C=N–C) groups is 1. The molecule has 0 aliphatic rings. The molecule has 4 aromatic carbocycles. The van der Waals surface area contributed by atoms with E-state index in [1.54, 1.807) is 72.8 Å². The second-order valence-electron chi connectivity index (χ2n) is 10.5. The standard InChI is InChI=1S/C17H11Cl2N3O2S.C16H13Cl2N3O2/c18-11-2-1-10(14(19)7-11)5-6-22-16(23)13-4-3-12(20-9-25)8-15(13)21-17(22)24;17-10-2-1-9(13(18)7-10)5-6-21-15(22)12-4-3-11(19)8-14(12)20-16(21)23/h1-4,7-8H,5-6H2,(H,21,24);1-4,7-8H,5-6,19H2,(H,20,23). The highest BCUT2D eigenvalue weighted by molar-refractivity contribution is 7.78. The molecule has 6 rings (SSSR count). The summed E-state index contributed by atoms with van der Waals surface area (Å²) in [5, 5.41) is 5.14. The molecule has 15 heteroatoms. The first kappa shape index (κ1) is 34.8. The summed E-state index contributed by atoms with van der Waals surface area (Å²) in [6.45, 7) is 0.418. The summed E-state index contributed by atoms with van der Waals surface area (Å²) in [5.41, 5.74) is 7.44. The van der Waals surface area contributed by atoms with E-state index in [0.29, 0.717) is 66.1 Å². The average molecular weight is 742 g/mol. The quantitative estimate of drug-likeness (QED) is 0.0932. The molecular weight excluding hydrogens is 718 g/mol. The molecule has 6 aromatic rings. The van der Waals surface area contributed by atoms with E-state index < -0.39 is 11.4 Å². The molecule has 0 amide bonds. The molecule has 0 saturated heterocycles. The maximum absolute atomic E-state index is 12.6. The van der Waals surface area contributed by atoms with E-state index in [1.165, 1.54) is 0 Å². The van der Waals surface area contributed by atoms with Gasteiger partial charge < -0.3 is 15.7 Å². The number of nitrogens with two attached hydrogens (primary N) is 1. The van der Waals surface area contributed by atoms with Crippen LogP contribution in [0.3, 0.4) is 0 Å². The highest BCUT2D eigenvalue weighted by Crippen LogP contribution is 2.23. The lowest BCUT2D eigenvalue weighted by Crippen LogP contribution is -2.35. The van der Waals surface area contributed by atoms with Crippen molar-refractivity contribution < 1.29 is 0 Å². The summed E-state index contributed by atoms with van der Waals surface area (Å²) in [4.78, 5) is 58.7. The number of fused-ring (bicyclic) bond motifs is 2. The van der Waals surface area contributed by atoms with Gasteiger partial charge in [-0.1, -0.05) is 58.5 Å². The van der Waals surface area contributed by atoms with Gasteiger partial charge in [0.15, 0.2) is 0 Å². The van der Waals surface area contributed by atoms with Crippen molar-refractivity contribution in [1.82, 2.24) is 19.1 Å². The van der Waals surface area contributed by atoms with E-state index in [2.05, 4.69) is 32.3 Å². The number of aromatic nitrogens is 4. The molecular formula is C33H24Cl4N6O4S. The third-order valence-electron chi connectivity index (χ3n) is 7.39. The molecule has 0 unspecified atom stereocenters. The molecule has 0 atom stereocenters. The molecule has 48 heavy (non-hydrogen) atoms. The van der Waals surface area contributed by atoms with Crippen molar-refractivity contribution >= 4 is 97.0 Å². The first-order valence-corrected chi connectivity index (χ1v) is 16.1. The van der Waals surface area contributed by atoms with E-state index in [0.717, 1.165) is 20.3 Å². The number of nitrogen functional groups attached to an aromatic ring is 1. The predicted octanol–water partition coefficient (Wildman–Crippen LogP) is 6.80. The van der Waals surface area contributed by atoms with Gasteiger partial charge in [-0.25, -0.2) is 9.59 Å². The first-order valence-electron chi connectivity index (χ1n) is 14.2. The fourth-order valence-electron chi connectivity index (χ4n) is 4.96. The fraction of sp³-hybridized carbons (Fsp3) is 0.121. The van der Waals surface area contributed by atoms with Crippen LogP contribution in [-0.2, 0) is 25.9 Å². The van der Waals surface area contributed by atoms with E-state index in [1.807, 2.05) is 0 Å². The lowest BCUT2D eigenvalue weighted by Gasteiger charge is -2.08. The van der Waals surface area contributed by atoms with Crippen molar-refractivity contribution in [3.8, 4) is 0 Å². The molecule has 2 aromatic heterocycles. The number of anilines is 1. The van der Waals surface area contributed by atoms with Gasteiger partial charge in [0.2, 0.25) is 0 Å². The molecule has 0 spiro atoms. The Morgan fingerprint density at radius 1 is 0.667 bits per heavy atom. The monoisotopic (exact) mass is 740 g/mol. The van der Waals surface area contributed by atoms with Gasteiger partial charge in [-0.15, -0.1) is 0 Å². The molecule has 0 bridgehead atoms. The minimum Gasteiger partial charge on any atom is -0.399 e. The van der Waals surface area contributed by atoms with E-state index in [-0.39, 0.29) is 24.2 Å². The minimum absolute atomic E-state index is 0.200. The Hall–Kier alpha value is -4.48. The van der Waals surface area contributed by atoms with Gasteiger partial charge in [-0.05, 0) is 96.9 Å². The van der Waals surface area contributed by atoms with Crippen LogP contribution in [0.4, 0.5) is 11.4 Å². The lowest BCUT2D eigenvalue weighted by molar-refractivity contribution is 0.636. The molecule has 0 radical (unpaired) electrons. The smallest absolute Gasteiger partial charge is 0.328 e. The average Bonchev–Trinajstić information content (AvgIpc) is 3.03. The molecule has 0 fully saturated rings. The number of aryl methyl sites for hydroxylation is 2. The molecule has 10 nitrogen and oxygen atoms in total. The van der Waals surface area contributed by atoms with Crippen LogP contribution in [0.2, 0.25) is 20.1 Å². The number of halogens is 4. The van der Waals surface area contributed by atoms with E-state index in [9.17, 15) is 19.2 Å². The van der Waals surface area contributed by atoms with E-state index in [4.69, 9.17) is 52.1 Å². The normalized spacial score (nSPS) is 10.8. The molecule has 0 aliphatic carbocycles. The van der Waals surface area contributed by atoms with Crippen LogP contribution in [0.1, 0.15) is 11.1 Å².